The monoisotopic (exact) mass is 144 g/mol. The van der Waals surface area contributed by atoms with Crippen molar-refractivity contribution >= 4 is 0 Å². The molecule has 0 saturated heterocycles. The number of unbranched alkanes of at least 4 members (excludes halogenated alkanes) is 2. The van der Waals surface area contributed by atoms with Crippen molar-refractivity contribution in [1.29, 1.82) is 0 Å². The van der Waals surface area contributed by atoms with E-state index in [0.29, 0.717) is 13.0 Å². The molecule has 10 heavy (non-hydrogen) atoms. The van der Waals surface area contributed by atoms with E-state index < -0.39 is 5.60 Å². The summed E-state index contributed by atoms with van der Waals surface area (Å²) < 4.78 is 0. The smallest absolute Gasteiger partial charge is 0.0744 e. The van der Waals surface area contributed by atoms with Gasteiger partial charge in [-0.2, -0.15) is 0 Å². The van der Waals surface area contributed by atoms with E-state index in [1.807, 2.05) is 0 Å². The highest BCUT2D eigenvalue weighted by molar-refractivity contribution is 4.80. The molecule has 0 rings (SSSR count). The van der Waals surface area contributed by atoms with E-state index in [1.165, 1.54) is 0 Å². The summed E-state index contributed by atoms with van der Waals surface area (Å²) in [5.41, 5.74) is 4.63. The second-order valence-electron chi connectivity index (χ2n) is 2.98. The van der Waals surface area contributed by atoms with Gasteiger partial charge in [-0.05, 0) is 19.8 Å². The highest BCUT2D eigenvalue weighted by Gasteiger charge is 2.16. The molecule has 3 N–H and O–H groups in total. The molecule has 0 aromatic rings. The molecule has 0 aliphatic heterocycles. The van der Waals surface area contributed by atoms with E-state index in [9.17, 15) is 5.11 Å². The van der Waals surface area contributed by atoms with E-state index in [4.69, 9.17) is 5.73 Å². The highest BCUT2D eigenvalue weighted by Crippen LogP contribution is 2.11. The summed E-state index contributed by atoms with van der Waals surface area (Å²) in [6.45, 7) is 4.22. The van der Waals surface area contributed by atoms with Crippen LogP contribution in [0.1, 0.15) is 33.1 Å². The van der Waals surface area contributed by atoms with Gasteiger partial charge in [0.05, 0.1) is 5.60 Å². The maximum atomic E-state index is 9.39. The Bertz CT molecular complexity index is 81.3. The zero-order chi connectivity index (χ0) is 8.04. The number of hydrogen-bond donors (Lipinski definition) is 2. The zero-order valence-electron chi connectivity index (χ0n) is 6.93. The molecular formula is C8H18NO. The van der Waals surface area contributed by atoms with E-state index >= 15 is 0 Å². The van der Waals surface area contributed by atoms with Crippen molar-refractivity contribution in [2.45, 2.75) is 38.7 Å². The molecule has 0 fully saturated rings. The molecule has 0 spiro atoms. The van der Waals surface area contributed by atoms with Crippen LogP contribution < -0.4 is 5.73 Å². The first-order chi connectivity index (χ1) is 4.62. The lowest BCUT2D eigenvalue weighted by Gasteiger charge is -2.19. The van der Waals surface area contributed by atoms with Gasteiger partial charge in [-0.1, -0.05) is 19.8 Å². The molecule has 1 atom stereocenters. The Labute approximate surface area is 63.4 Å². The van der Waals surface area contributed by atoms with Crippen LogP contribution in [0.4, 0.5) is 0 Å². The van der Waals surface area contributed by atoms with Crippen molar-refractivity contribution in [1.82, 2.24) is 0 Å². The van der Waals surface area contributed by atoms with E-state index in [2.05, 4.69) is 13.3 Å². The van der Waals surface area contributed by atoms with Crippen molar-refractivity contribution in [3.63, 3.8) is 0 Å². The molecule has 0 saturated carbocycles. The molecule has 2 nitrogen and oxygen atoms in total. The molecule has 0 aliphatic rings. The Balaban J connectivity index is 3.28. The quantitative estimate of drug-likeness (QED) is 0.567. The standard InChI is InChI=1S/C8H18NO/c1-3-4-5-6-8(2,10)7-9/h5,10H,3-4,6-7,9H2,1-2H3. The fourth-order valence-corrected chi connectivity index (χ4v) is 0.700. The minimum Gasteiger partial charge on any atom is -0.389 e. The van der Waals surface area contributed by atoms with E-state index in [-0.39, 0.29) is 0 Å². The minimum atomic E-state index is -0.685. The lowest BCUT2D eigenvalue weighted by molar-refractivity contribution is 0.0677. The first kappa shape index (κ1) is 9.92. The first-order valence-corrected chi connectivity index (χ1v) is 3.86. The van der Waals surface area contributed by atoms with Crippen LogP contribution in [0.25, 0.3) is 0 Å². The average Bonchev–Trinajstić information content (AvgIpc) is 1.89. The van der Waals surface area contributed by atoms with Crippen LogP contribution in [0.15, 0.2) is 0 Å². The zero-order valence-corrected chi connectivity index (χ0v) is 6.93. The molecule has 2 heteroatoms. The molecule has 61 valence electrons. The molecular weight excluding hydrogens is 126 g/mol. The van der Waals surface area contributed by atoms with Gasteiger partial charge < -0.3 is 10.8 Å². The first-order valence-electron chi connectivity index (χ1n) is 3.86. The summed E-state index contributed by atoms with van der Waals surface area (Å²) in [6, 6.07) is 0. The summed E-state index contributed by atoms with van der Waals surface area (Å²) in [7, 11) is 0. The fraction of sp³-hybridized carbons (Fsp3) is 0.875. The molecule has 0 aromatic carbocycles. The summed E-state index contributed by atoms with van der Waals surface area (Å²) >= 11 is 0. The van der Waals surface area contributed by atoms with Gasteiger partial charge in [-0.25, -0.2) is 0 Å². The molecule has 0 heterocycles. The Morgan fingerprint density at radius 2 is 2.20 bits per heavy atom. The van der Waals surface area contributed by atoms with Crippen molar-refractivity contribution in [2.24, 2.45) is 5.73 Å². The van der Waals surface area contributed by atoms with Gasteiger partial charge in [0, 0.05) is 6.54 Å². The molecule has 0 amide bonds. The number of hydrogen-bond acceptors (Lipinski definition) is 2. The Hall–Kier alpha value is -0.0800. The minimum absolute atomic E-state index is 0.340. The van der Waals surface area contributed by atoms with Gasteiger partial charge in [0.25, 0.3) is 0 Å². The van der Waals surface area contributed by atoms with E-state index in [0.717, 1.165) is 12.8 Å². The Morgan fingerprint density at radius 1 is 1.60 bits per heavy atom. The van der Waals surface area contributed by atoms with Crippen LogP contribution in [0.3, 0.4) is 0 Å². The van der Waals surface area contributed by atoms with Gasteiger partial charge in [0.1, 0.15) is 0 Å². The van der Waals surface area contributed by atoms with Crippen molar-refractivity contribution in [3.8, 4) is 0 Å². The molecule has 0 aromatic heterocycles. The van der Waals surface area contributed by atoms with Gasteiger partial charge in [0.15, 0.2) is 0 Å². The summed E-state index contributed by atoms with van der Waals surface area (Å²) in [5, 5.41) is 9.39. The van der Waals surface area contributed by atoms with Crippen LogP contribution in [0.2, 0.25) is 0 Å². The largest absolute Gasteiger partial charge is 0.389 e. The second kappa shape index (κ2) is 4.69. The number of rotatable bonds is 5. The lowest BCUT2D eigenvalue weighted by atomic mass is 9.99. The number of aliphatic hydroxyl groups is 1. The van der Waals surface area contributed by atoms with Gasteiger partial charge in [-0.15, -0.1) is 0 Å². The highest BCUT2D eigenvalue weighted by atomic mass is 16.3. The maximum Gasteiger partial charge on any atom is 0.0744 e. The maximum absolute atomic E-state index is 9.39. The third-order valence-electron chi connectivity index (χ3n) is 1.52. The normalized spacial score (nSPS) is 16.8. The predicted molar refractivity (Wildman–Crippen MR) is 43.5 cm³/mol. The summed E-state index contributed by atoms with van der Waals surface area (Å²) in [5.74, 6) is 0. The van der Waals surface area contributed by atoms with E-state index in [1.54, 1.807) is 6.92 Å². The van der Waals surface area contributed by atoms with Crippen LogP contribution in [0, 0.1) is 6.42 Å². The van der Waals surface area contributed by atoms with Gasteiger partial charge in [0.2, 0.25) is 0 Å². The van der Waals surface area contributed by atoms with Crippen LogP contribution in [0.5, 0.6) is 0 Å². The lowest BCUT2D eigenvalue weighted by Crippen LogP contribution is -2.33. The third kappa shape index (κ3) is 4.77. The van der Waals surface area contributed by atoms with Crippen LogP contribution in [-0.4, -0.2) is 17.3 Å². The molecule has 1 radical (unpaired) electrons. The SMILES string of the molecule is CCC[CH]CC(C)(O)CN. The predicted octanol–water partition coefficient (Wildman–Crippen LogP) is 1.09. The van der Waals surface area contributed by atoms with Crippen molar-refractivity contribution < 1.29 is 5.11 Å². The fourth-order valence-electron chi connectivity index (χ4n) is 0.700. The Morgan fingerprint density at radius 3 is 2.60 bits per heavy atom. The second-order valence-corrected chi connectivity index (χ2v) is 2.98. The van der Waals surface area contributed by atoms with Gasteiger partial charge in [-0.3, -0.25) is 0 Å². The van der Waals surface area contributed by atoms with Crippen molar-refractivity contribution in [2.75, 3.05) is 6.54 Å². The average molecular weight is 144 g/mol. The van der Waals surface area contributed by atoms with Crippen LogP contribution in [-0.2, 0) is 0 Å². The van der Waals surface area contributed by atoms with Crippen molar-refractivity contribution in [3.05, 3.63) is 6.42 Å². The third-order valence-corrected chi connectivity index (χ3v) is 1.52. The summed E-state index contributed by atoms with van der Waals surface area (Å²) in [6.07, 6.45) is 5.00. The molecule has 0 bridgehead atoms. The Kier molecular flexibility index (Phi) is 4.65. The topological polar surface area (TPSA) is 46.2 Å². The number of nitrogens with two attached hydrogens (primary N) is 1. The molecule has 1 unspecified atom stereocenters. The van der Waals surface area contributed by atoms with Gasteiger partial charge >= 0.3 is 0 Å². The molecule has 0 aliphatic carbocycles. The summed E-state index contributed by atoms with van der Waals surface area (Å²) in [4.78, 5) is 0. The van der Waals surface area contributed by atoms with Crippen LogP contribution >= 0.6 is 0 Å².